The van der Waals surface area contributed by atoms with Crippen molar-refractivity contribution in [3.8, 4) is 0 Å². The van der Waals surface area contributed by atoms with E-state index in [4.69, 9.17) is 5.73 Å². The van der Waals surface area contributed by atoms with Crippen LogP contribution < -0.4 is 5.73 Å². The van der Waals surface area contributed by atoms with E-state index in [1.807, 2.05) is 30.3 Å². The van der Waals surface area contributed by atoms with Gasteiger partial charge in [0.1, 0.15) is 5.82 Å². The molecular weight excluding hydrogens is 361 g/mol. The van der Waals surface area contributed by atoms with Crippen LogP contribution in [0.4, 0.5) is 4.39 Å². The van der Waals surface area contributed by atoms with Crippen LogP contribution in [0, 0.1) is 5.82 Å². The molecule has 0 amide bonds. The van der Waals surface area contributed by atoms with Crippen molar-refractivity contribution in [2.75, 3.05) is 0 Å². The summed E-state index contributed by atoms with van der Waals surface area (Å²) in [5, 5.41) is 0. The Morgan fingerprint density at radius 2 is 1.67 bits per heavy atom. The first-order valence-electron chi connectivity index (χ1n) is 5.50. The predicted molar refractivity (Wildman–Crippen MR) is 78.9 cm³/mol. The van der Waals surface area contributed by atoms with Gasteiger partial charge in [-0.15, -0.1) is 0 Å². The van der Waals surface area contributed by atoms with E-state index < -0.39 is 0 Å². The van der Waals surface area contributed by atoms with Crippen LogP contribution in [0.5, 0.6) is 0 Å². The molecule has 0 aliphatic heterocycles. The fourth-order valence-corrected chi connectivity index (χ4v) is 2.53. The van der Waals surface area contributed by atoms with Crippen molar-refractivity contribution in [2.45, 2.75) is 12.5 Å². The molecular formula is C14H12Br2FN. The quantitative estimate of drug-likeness (QED) is 0.837. The molecule has 4 heteroatoms. The zero-order chi connectivity index (χ0) is 13.1. The lowest BCUT2D eigenvalue weighted by Crippen LogP contribution is -2.13. The van der Waals surface area contributed by atoms with Crippen LogP contribution >= 0.6 is 31.9 Å². The number of rotatable bonds is 3. The van der Waals surface area contributed by atoms with E-state index in [0.717, 1.165) is 15.6 Å². The van der Waals surface area contributed by atoms with Gasteiger partial charge in [0.05, 0.1) is 0 Å². The third kappa shape index (κ3) is 3.64. The molecule has 94 valence electrons. The number of halogens is 3. The van der Waals surface area contributed by atoms with E-state index in [1.54, 1.807) is 0 Å². The van der Waals surface area contributed by atoms with Crippen molar-refractivity contribution in [3.63, 3.8) is 0 Å². The molecule has 0 fully saturated rings. The van der Waals surface area contributed by atoms with Crippen LogP contribution in [-0.2, 0) is 6.42 Å². The average molecular weight is 373 g/mol. The van der Waals surface area contributed by atoms with Gasteiger partial charge in [0, 0.05) is 15.0 Å². The summed E-state index contributed by atoms with van der Waals surface area (Å²) in [6.07, 6.45) is 0.684. The minimum absolute atomic E-state index is 0.210. The SMILES string of the molecule is NC(Cc1ccc(Br)cc1)c1cc(F)cc(Br)c1. The molecule has 18 heavy (non-hydrogen) atoms. The van der Waals surface area contributed by atoms with Gasteiger partial charge < -0.3 is 5.73 Å². The van der Waals surface area contributed by atoms with Crippen molar-refractivity contribution in [2.24, 2.45) is 5.73 Å². The Hall–Kier alpha value is -0.710. The average Bonchev–Trinajstić information content (AvgIpc) is 2.31. The molecule has 0 spiro atoms. The summed E-state index contributed by atoms with van der Waals surface area (Å²) >= 11 is 6.66. The molecule has 1 nitrogen and oxygen atoms in total. The van der Waals surface area contributed by atoms with Crippen LogP contribution in [0.25, 0.3) is 0 Å². The Morgan fingerprint density at radius 1 is 1.00 bits per heavy atom. The maximum atomic E-state index is 13.3. The minimum atomic E-state index is -0.273. The molecule has 1 unspecified atom stereocenters. The van der Waals surface area contributed by atoms with E-state index in [-0.39, 0.29) is 11.9 Å². The van der Waals surface area contributed by atoms with Gasteiger partial charge >= 0.3 is 0 Å². The van der Waals surface area contributed by atoms with Crippen molar-refractivity contribution in [1.29, 1.82) is 0 Å². The summed E-state index contributed by atoms with van der Waals surface area (Å²) < 4.78 is 15.0. The van der Waals surface area contributed by atoms with Crippen molar-refractivity contribution >= 4 is 31.9 Å². The molecule has 2 rings (SSSR count). The second kappa shape index (κ2) is 5.95. The lowest BCUT2D eigenvalue weighted by molar-refractivity contribution is 0.617. The molecule has 0 aliphatic carbocycles. The molecule has 0 heterocycles. The monoisotopic (exact) mass is 371 g/mol. The smallest absolute Gasteiger partial charge is 0.124 e. The van der Waals surface area contributed by atoms with Gasteiger partial charge in [-0.25, -0.2) is 4.39 Å². The molecule has 1 atom stereocenters. The first-order chi connectivity index (χ1) is 8.54. The van der Waals surface area contributed by atoms with Crippen molar-refractivity contribution in [3.05, 3.63) is 68.4 Å². The minimum Gasteiger partial charge on any atom is -0.324 e. The fraction of sp³-hybridized carbons (Fsp3) is 0.143. The number of hydrogen-bond donors (Lipinski definition) is 1. The molecule has 0 radical (unpaired) electrons. The van der Waals surface area contributed by atoms with Gasteiger partial charge in [-0.05, 0) is 47.9 Å². The van der Waals surface area contributed by atoms with Gasteiger partial charge in [0.25, 0.3) is 0 Å². The summed E-state index contributed by atoms with van der Waals surface area (Å²) in [5.41, 5.74) is 8.03. The summed E-state index contributed by atoms with van der Waals surface area (Å²) in [6.45, 7) is 0. The molecule has 0 aliphatic rings. The van der Waals surface area contributed by atoms with E-state index in [1.165, 1.54) is 12.1 Å². The Bertz CT molecular complexity index is 520. The van der Waals surface area contributed by atoms with Crippen molar-refractivity contribution in [1.82, 2.24) is 0 Å². The van der Waals surface area contributed by atoms with Gasteiger partial charge in [0.15, 0.2) is 0 Å². The molecule has 0 saturated heterocycles. The summed E-state index contributed by atoms with van der Waals surface area (Å²) in [5.74, 6) is -0.273. The van der Waals surface area contributed by atoms with Crippen LogP contribution in [0.3, 0.4) is 0 Å². The fourth-order valence-electron chi connectivity index (χ4n) is 1.78. The highest BCUT2D eigenvalue weighted by molar-refractivity contribution is 9.10. The third-order valence-corrected chi connectivity index (χ3v) is 3.67. The third-order valence-electron chi connectivity index (χ3n) is 2.68. The number of nitrogens with two attached hydrogens (primary N) is 1. The standard InChI is InChI=1S/C14H12Br2FN/c15-11-3-1-9(2-4-11)5-14(18)10-6-12(16)8-13(17)7-10/h1-4,6-8,14H,5,18H2. The highest BCUT2D eigenvalue weighted by atomic mass is 79.9. The first-order valence-corrected chi connectivity index (χ1v) is 7.09. The lowest BCUT2D eigenvalue weighted by Gasteiger charge is -2.13. The Balaban J connectivity index is 2.16. The second-order valence-electron chi connectivity index (χ2n) is 4.14. The topological polar surface area (TPSA) is 26.0 Å². The second-order valence-corrected chi connectivity index (χ2v) is 5.97. The van der Waals surface area contributed by atoms with Crippen LogP contribution in [-0.4, -0.2) is 0 Å². The molecule has 2 aromatic rings. The van der Waals surface area contributed by atoms with Crippen molar-refractivity contribution < 1.29 is 4.39 Å². The Kier molecular flexibility index (Phi) is 4.54. The Morgan fingerprint density at radius 3 is 2.28 bits per heavy atom. The molecule has 0 saturated carbocycles. The highest BCUT2D eigenvalue weighted by Gasteiger charge is 2.09. The normalized spacial score (nSPS) is 12.4. The molecule has 0 aromatic heterocycles. The Labute approximate surface area is 122 Å². The summed E-state index contributed by atoms with van der Waals surface area (Å²) in [6, 6.07) is 12.5. The van der Waals surface area contributed by atoms with Gasteiger partial charge in [-0.1, -0.05) is 44.0 Å². The molecule has 2 aromatic carbocycles. The maximum absolute atomic E-state index is 13.3. The first kappa shape index (κ1) is 13.7. The van der Waals surface area contributed by atoms with E-state index in [9.17, 15) is 4.39 Å². The number of benzene rings is 2. The van der Waals surface area contributed by atoms with Crippen LogP contribution in [0.15, 0.2) is 51.4 Å². The van der Waals surface area contributed by atoms with E-state index in [0.29, 0.717) is 10.9 Å². The predicted octanol–water partition coefficient (Wildman–Crippen LogP) is 4.59. The van der Waals surface area contributed by atoms with Gasteiger partial charge in [-0.3, -0.25) is 0 Å². The number of hydrogen-bond acceptors (Lipinski definition) is 1. The summed E-state index contributed by atoms with van der Waals surface area (Å²) in [4.78, 5) is 0. The molecule has 2 N–H and O–H groups in total. The van der Waals surface area contributed by atoms with Gasteiger partial charge in [0.2, 0.25) is 0 Å². The van der Waals surface area contributed by atoms with E-state index >= 15 is 0 Å². The zero-order valence-electron chi connectivity index (χ0n) is 9.54. The highest BCUT2D eigenvalue weighted by Crippen LogP contribution is 2.22. The zero-order valence-corrected chi connectivity index (χ0v) is 12.7. The summed E-state index contributed by atoms with van der Waals surface area (Å²) in [7, 11) is 0. The van der Waals surface area contributed by atoms with Crippen LogP contribution in [0.2, 0.25) is 0 Å². The maximum Gasteiger partial charge on any atom is 0.124 e. The largest absolute Gasteiger partial charge is 0.324 e. The van der Waals surface area contributed by atoms with E-state index in [2.05, 4.69) is 31.9 Å². The van der Waals surface area contributed by atoms with Crippen LogP contribution in [0.1, 0.15) is 17.2 Å². The molecule has 0 bridgehead atoms. The van der Waals surface area contributed by atoms with Gasteiger partial charge in [-0.2, -0.15) is 0 Å². The lowest BCUT2D eigenvalue weighted by atomic mass is 10.00.